The summed E-state index contributed by atoms with van der Waals surface area (Å²) in [5.41, 5.74) is 2.40. The molecule has 2 aliphatic heterocycles. The first-order chi connectivity index (χ1) is 34.6. The number of benzene rings is 2. The van der Waals surface area contributed by atoms with Gasteiger partial charge in [-0.15, -0.1) is 0 Å². The van der Waals surface area contributed by atoms with Gasteiger partial charge in [0.2, 0.25) is 0 Å². The van der Waals surface area contributed by atoms with Crippen molar-refractivity contribution in [1.29, 1.82) is 0 Å². The molecular weight excluding hydrogens is 1010 g/mol. The van der Waals surface area contributed by atoms with Gasteiger partial charge in [0.05, 0.1) is 59.9 Å². The van der Waals surface area contributed by atoms with E-state index >= 15 is 0 Å². The molecule has 19 heteroatoms. The molecule has 2 aromatic rings. The first-order valence-corrected chi connectivity index (χ1v) is 30.0. The number of carbonyl (C=O) groups excluding carboxylic acids is 4. The summed E-state index contributed by atoms with van der Waals surface area (Å²) in [5, 5.41) is 23.9. The van der Waals surface area contributed by atoms with E-state index in [0.29, 0.717) is 55.8 Å². The quantitative estimate of drug-likeness (QED) is 0.0270. The Morgan fingerprint density at radius 1 is 0.849 bits per heavy atom. The van der Waals surface area contributed by atoms with Crippen molar-refractivity contribution in [3.63, 3.8) is 0 Å². The minimum atomic E-state index is -1.40. The topological polar surface area (TPSA) is 174 Å². The number of anilines is 2. The maximum Gasteiger partial charge on any atom is 0.416 e. The number of nitrogens with zero attached hydrogens (tertiary/aromatic N) is 3. The zero-order valence-corrected chi connectivity index (χ0v) is 46.4. The Morgan fingerprint density at radius 3 is 1.95 bits per heavy atom. The predicted molar refractivity (Wildman–Crippen MR) is 298 cm³/mol. The van der Waals surface area contributed by atoms with Crippen LogP contribution in [0.1, 0.15) is 146 Å². The molecule has 4 unspecified atom stereocenters. The second-order valence-corrected chi connectivity index (χ2v) is 25.1. The van der Waals surface area contributed by atoms with Gasteiger partial charge in [-0.05, 0) is 89.7 Å². The van der Waals surface area contributed by atoms with E-state index in [2.05, 4.69) is 27.0 Å². The number of fused-ring (bicyclic) bond motifs is 2. The molecule has 6 rings (SSSR count). The highest BCUT2D eigenvalue weighted by atomic mass is 33.1. The summed E-state index contributed by atoms with van der Waals surface area (Å²) in [4.78, 5) is 59.8. The van der Waals surface area contributed by atoms with Gasteiger partial charge in [0.15, 0.2) is 35.0 Å². The van der Waals surface area contributed by atoms with Crippen LogP contribution in [0.3, 0.4) is 0 Å². The van der Waals surface area contributed by atoms with Gasteiger partial charge < -0.3 is 43.5 Å². The highest BCUT2D eigenvalue weighted by Crippen LogP contribution is 2.51. The summed E-state index contributed by atoms with van der Waals surface area (Å²) in [6.07, 6.45) is 5.45. The molecule has 0 radical (unpaired) electrons. The van der Waals surface area contributed by atoms with Crippen molar-refractivity contribution in [2.24, 2.45) is 5.92 Å². The smallest absolute Gasteiger partial charge is 0.416 e. The number of allylic oxidation sites excluding steroid dienone is 1. The van der Waals surface area contributed by atoms with E-state index in [4.69, 9.17) is 28.4 Å². The predicted octanol–water partition coefficient (Wildman–Crippen LogP) is 12.5. The normalized spacial score (nSPS) is 19.1. The van der Waals surface area contributed by atoms with Gasteiger partial charge in [-0.25, -0.2) is 14.5 Å². The number of carbonyl (C=O) groups is 4. The molecule has 2 aromatic carbocycles. The maximum atomic E-state index is 14.3. The lowest BCUT2D eigenvalue weighted by Gasteiger charge is -2.41. The fraction of sp³-hybridized carbons (Fsp3) is 0.630. The molecule has 1 saturated heterocycles. The minimum absolute atomic E-state index is 0. The first-order valence-electron chi connectivity index (χ1n) is 25.3. The summed E-state index contributed by atoms with van der Waals surface area (Å²) < 4.78 is 35.6. The third kappa shape index (κ3) is 14.3. The van der Waals surface area contributed by atoms with Crippen molar-refractivity contribution in [2.45, 2.75) is 154 Å². The van der Waals surface area contributed by atoms with E-state index in [9.17, 15) is 29.4 Å². The van der Waals surface area contributed by atoms with Crippen LogP contribution in [0.5, 0.6) is 23.0 Å². The number of hydrogen-bond acceptors (Lipinski definition) is 16. The Hall–Kier alpha value is -3.88. The van der Waals surface area contributed by atoms with E-state index in [0.717, 1.165) is 67.6 Å². The third-order valence-corrected chi connectivity index (χ3v) is 20.7. The third-order valence-electron chi connectivity index (χ3n) is 14.0. The Bertz CT molecular complexity index is 2260. The van der Waals surface area contributed by atoms with Crippen LogP contribution in [0.4, 0.5) is 21.0 Å². The average molecular weight is 1090 g/mol. The molecule has 3 amide bonds. The van der Waals surface area contributed by atoms with Crippen molar-refractivity contribution >= 4 is 78.4 Å². The van der Waals surface area contributed by atoms with Gasteiger partial charge in [0.1, 0.15) is 19.4 Å². The molecule has 406 valence electrons. The van der Waals surface area contributed by atoms with Crippen molar-refractivity contribution < 1.29 is 57.8 Å². The number of aliphatic hydroxyl groups excluding tert-OH is 2. The van der Waals surface area contributed by atoms with E-state index < -0.39 is 36.6 Å². The summed E-state index contributed by atoms with van der Waals surface area (Å²) in [7, 11) is 9.91. The lowest BCUT2D eigenvalue weighted by atomic mass is 9.85. The number of amides is 3. The Labute approximate surface area is 449 Å². The summed E-state index contributed by atoms with van der Waals surface area (Å²) in [5.74, 6) is 1.94. The molecule has 0 spiro atoms. The highest BCUT2D eigenvalue weighted by Gasteiger charge is 2.48. The molecular formula is C54H79N3O12S4. The zero-order valence-electron chi connectivity index (χ0n) is 43.1. The number of rotatable bonds is 28. The van der Waals surface area contributed by atoms with Gasteiger partial charge in [0, 0.05) is 41.7 Å². The van der Waals surface area contributed by atoms with Gasteiger partial charge in [-0.3, -0.25) is 14.5 Å². The van der Waals surface area contributed by atoms with E-state index in [-0.39, 0.29) is 89.8 Å². The van der Waals surface area contributed by atoms with Crippen molar-refractivity contribution in [3.05, 3.63) is 59.7 Å². The molecule has 2 N–H and O–H groups in total. The molecule has 2 saturated carbocycles. The van der Waals surface area contributed by atoms with Crippen molar-refractivity contribution in [2.75, 3.05) is 68.5 Å². The van der Waals surface area contributed by atoms with Crippen LogP contribution in [-0.2, 0) is 9.47 Å². The molecule has 2 heterocycles. The van der Waals surface area contributed by atoms with E-state index in [1.165, 1.54) is 30.9 Å². The number of ketones is 1. The molecule has 4 aliphatic rings. The fourth-order valence-electron chi connectivity index (χ4n) is 9.31. The van der Waals surface area contributed by atoms with E-state index in [1.54, 1.807) is 72.3 Å². The van der Waals surface area contributed by atoms with Crippen LogP contribution >= 0.6 is 43.2 Å². The monoisotopic (exact) mass is 1090 g/mol. The summed E-state index contributed by atoms with van der Waals surface area (Å²) in [6, 6.07) is 5.53. The van der Waals surface area contributed by atoms with Crippen LogP contribution in [0, 0.1) is 5.92 Å². The average Bonchev–Trinajstić information content (AvgIpc) is 3.72. The number of hydrogen-bond donors (Lipinski definition) is 2. The van der Waals surface area contributed by atoms with Crippen molar-refractivity contribution in [1.82, 2.24) is 4.90 Å². The van der Waals surface area contributed by atoms with Crippen LogP contribution in [0.25, 0.3) is 0 Å². The van der Waals surface area contributed by atoms with Gasteiger partial charge in [-0.1, -0.05) is 115 Å². The lowest BCUT2D eigenvalue weighted by molar-refractivity contribution is 0.0475. The molecule has 0 bridgehead atoms. The van der Waals surface area contributed by atoms with Gasteiger partial charge in [0.25, 0.3) is 5.91 Å². The van der Waals surface area contributed by atoms with Gasteiger partial charge in [-0.2, -0.15) is 0 Å². The van der Waals surface area contributed by atoms with Crippen LogP contribution in [0.15, 0.2) is 48.6 Å². The number of aliphatic hydroxyl groups is 2. The number of methoxy groups -OCH3 is 2. The van der Waals surface area contributed by atoms with E-state index in [1.807, 2.05) is 13.8 Å². The first kappa shape index (κ1) is 60.0. The fourth-order valence-corrected chi connectivity index (χ4v) is 14.7. The van der Waals surface area contributed by atoms with Crippen molar-refractivity contribution in [3.8, 4) is 23.0 Å². The molecule has 3 fully saturated rings. The second-order valence-electron chi connectivity index (χ2n) is 19.0. The minimum Gasteiger partial charge on any atom is -0.493 e. The van der Waals surface area contributed by atoms with Crippen LogP contribution in [-0.4, -0.2) is 126 Å². The molecule has 4 atom stereocenters. The largest absolute Gasteiger partial charge is 0.493 e. The zero-order chi connectivity index (χ0) is 52.2. The summed E-state index contributed by atoms with van der Waals surface area (Å²) >= 11 is 0. The second kappa shape index (κ2) is 27.8. The Balaban J connectivity index is 0.00000988. The molecule has 73 heavy (non-hydrogen) atoms. The van der Waals surface area contributed by atoms with Crippen LogP contribution < -0.4 is 28.7 Å². The van der Waals surface area contributed by atoms with Crippen LogP contribution in [0.2, 0.25) is 0 Å². The maximum absolute atomic E-state index is 14.3. The number of unbranched alkanes of at least 4 members (excludes halogenated alkanes) is 2. The number of ether oxygens (including phenoxy) is 6. The number of Topliss-reactive ketones (excluding diaryl/α,β-unsaturated/α-hetero) is 1. The Morgan fingerprint density at radius 2 is 1.42 bits per heavy atom. The van der Waals surface area contributed by atoms with Gasteiger partial charge >= 0.3 is 12.2 Å². The SMILES string of the molecule is C.C=C(CC)CC(CC)C(O)N(C(=O)OCC1(SSCC)CCC1)c1cc(OCCCCCOc2cc3c(cc2OC)C(=O)N2CC(=C)CC2C(O)N3C(=O)OCC2(SSCC)CCC2)c(OC)cc1C(C)=O. The lowest BCUT2D eigenvalue weighted by Crippen LogP contribution is -2.51. The standard InChI is InChI=1S/C53H75N3O12S4.CH4/c1-10-34(5)25-37(11-2)47(58)55(50(61)67-32-52(19-17-20-52)71-69-12-3)40-29-45(43(63-8)27-38(40)36(7)57)65-23-15-14-16-24-66-46-30-41-39(28-44(46)64-9)48(59)54-31-35(6)26-42(54)49(60)56(41)51(62)68-33-53(21-18-22-53)72-70-13-4;/h27-30,37,42,47,49,58,60H,5-6,10-26,31-33H2,1-4,7-9H3;1H4. The molecule has 0 aromatic heterocycles. The highest BCUT2D eigenvalue weighted by molar-refractivity contribution is 8.77. The summed E-state index contributed by atoms with van der Waals surface area (Å²) in [6.45, 7) is 18.9. The molecule has 2 aliphatic carbocycles. The Kier molecular flexibility index (Phi) is 22.8. The molecule has 15 nitrogen and oxygen atoms in total.